The zero-order valence-corrected chi connectivity index (χ0v) is 13.0. The standard InChI is InChI=1S/C16H13F3N4O2/c1-10-20-14(22-25-10)9-23-8-2-3-13(23)15(24)21-12-6-4-11(5-7-12)16(17,18)19/h2-8H,9H2,1H3,(H,21,24). The minimum absolute atomic E-state index is 0.236. The third kappa shape index (κ3) is 3.87. The monoisotopic (exact) mass is 350 g/mol. The second-order valence-corrected chi connectivity index (χ2v) is 5.28. The summed E-state index contributed by atoms with van der Waals surface area (Å²) in [4.78, 5) is 16.4. The Bertz CT molecular complexity index is 881. The molecular formula is C16H13F3N4O2. The van der Waals surface area contributed by atoms with Crippen molar-refractivity contribution in [1.29, 1.82) is 0 Å². The zero-order valence-electron chi connectivity index (χ0n) is 13.0. The average Bonchev–Trinajstić information content (AvgIpc) is 3.16. The number of nitrogens with one attached hydrogen (secondary N) is 1. The summed E-state index contributed by atoms with van der Waals surface area (Å²) in [6, 6.07) is 7.50. The smallest absolute Gasteiger partial charge is 0.340 e. The first-order valence-corrected chi connectivity index (χ1v) is 7.26. The fourth-order valence-electron chi connectivity index (χ4n) is 2.25. The van der Waals surface area contributed by atoms with E-state index >= 15 is 0 Å². The van der Waals surface area contributed by atoms with Crippen molar-refractivity contribution >= 4 is 11.6 Å². The third-order valence-corrected chi connectivity index (χ3v) is 3.41. The number of carbonyl (C=O) groups is 1. The SMILES string of the molecule is Cc1nc(Cn2cccc2C(=O)Nc2ccc(C(F)(F)F)cc2)no1. The summed E-state index contributed by atoms with van der Waals surface area (Å²) >= 11 is 0. The van der Waals surface area contributed by atoms with Gasteiger partial charge in [0.15, 0.2) is 5.82 Å². The first kappa shape index (κ1) is 16.7. The predicted octanol–water partition coefficient (Wildman–Crippen LogP) is 3.50. The van der Waals surface area contributed by atoms with Crippen LogP contribution >= 0.6 is 0 Å². The molecule has 3 rings (SSSR count). The quantitative estimate of drug-likeness (QED) is 0.782. The largest absolute Gasteiger partial charge is 0.416 e. The van der Waals surface area contributed by atoms with E-state index in [0.29, 0.717) is 17.4 Å². The van der Waals surface area contributed by atoms with Crippen LogP contribution in [0.3, 0.4) is 0 Å². The first-order valence-electron chi connectivity index (χ1n) is 7.26. The minimum atomic E-state index is -4.42. The average molecular weight is 350 g/mol. The van der Waals surface area contributed by atoms with Crippen LogP contribution in [0.25, 0.3) is 0 Å². The van der Waals surface area contributed by atoms with Crippen LogP contribution in [0, 0.1) is 6.92 Å². The summed E-state index contributed by atoms with van der Waals surface area (Å²) in [5, 5.41) is 6.33. The molecule has 1 aromatic carbocycles. The number of hydrogen-bond donors (Lipinski definition) is 1. The summed E-state index contributed by atoms with van der Waals surface area (Å²) in [6.07, 6.45) is -2.74. The molecule has 1 amide bonds. The van der Waals surface area contributed by atoms with Crippen molar-refractivity contribution in [2.45, 2.75) is 19.6 Å². The van der Waals surface area contributed by atoms with Gasteiger partial charge in [0.2, 0.25) is 5.89 Å². The van der Waals surface area contributed by atoms with Gasteiger partial charge in [0.1, 0.15) is 5.69 Å². The Morgan fingerprint density at radius 3 is 2.56 bits per heavy atom. The number of anilines is 1. The van der Waals surface area contributed by atoms with Gasteiger partial charge in [-0.05, 0) is 36.4 Å². The van der Waals surface area contributed by atoms with Crippen LogP contribution in [0.1, 0.15) is 27.8 Å². The first-order chi connectivity index (χ1) is 11.8. The Morgan fingerprint density at radius 2 is 1.96 bits per heavy atom. The second kappa shape index (κ2) is 6.42. The molecule has 0 aliphatic rings. The van der Waals surface area contributed by atoms with E-state index in [9.17, 15) is 18.0 Å². The molecule has 1 N–H and O–H groups in total. The van der Waals surface area contributed by atoms with Crippen LogP contribution in [-0.4, -0.2) is 20.6 Å². The Morgan fingerprint density at radius 1 is 1.24 bits per heavy atom. The van der Waals surface area contributed by atoms with Crippen LogP contribution in [0.5, 0.6) is 0 Å². The number of amides is 1. The lowest BCUT2D eigenvalue weighted by Crippen LogP contribution is -2.17. The van der Waals surface area contributed by atoms with E-state index in [1.165, 1.54) is 12.1 Å². The lowest BCUT2D eigenvalue weighted by atomic mass is 10.2. The number of carbonyl (C=O) groups excluding carboxylic acids is 1. The van der Waals surface area contributed by atoms with Gasteiger partial charge in [0.25, 0.3) is 5.91 Å². The van der Waals surface area contributed by atoms with Gasteiger partial charge in [0.05, 0.1) is 12.1 Å². The van der Waals surface area contributed by atoms with E-state index in [0.717, 1.165) is 12.1 Å². The molecule has 9 heteroatoms. The maximum atomic E-state index is 12.6. The fraction of sp³-hybridized carbons (Fsp3) is 0.188. The van der Waals surface area contributed by atoms with Gasteiger partial charge in [-0.25, -0.2) is 0 Å². The summed E-state index contributed by atoms with van der Waals surface area (Å²) < 4.78 is 44.2. The highest BCUT2D eigenvalue weighted by atomic mass is 19.4. The molecule has 2 heterocycles. The molecular weight excluding hydrogens is 337 g/mol. The molecule has 3 aromatic rings. The Kier molecular flexibility index (Phi) is 4.30. The number of nitrogens with zero attached hydrogens (tertiary/aromatic N) is 3. The van der Waals surface area contributed by atoms with Crippen LogP contribution in [0.15, 0.2) is 47.1 Å². The van der Waals surface area contributed by atoms with E-state index in [1.54, 1.807) is 29.8 Å². The van der Waals surface area contributed by atoms with Crippen molar-refractivity contribution in [3.05, 3.63) is 65.6 Å². The van der Waals surface area contributed by atoms with Gasteiger partial charge in [0, 0.05) is 18.8 Å². The number of alkyl halides is 3. The van der Waals surface area contributed by atoms with Crippen LogP contribution < -0.4 is 5.32 Å². The summed E-state index contributed by atoms with van der Waals surface area (Å²) in [5.74, 6) is 0.375. The number of aromatic nitrogens is 3. The molecule has 130 valence electrons. The molecule has 0 aliphatic carbocycles. The Hall–Kier alpha value is -3.10. The summed E-state index contributed by atoms with van der Waals surface area (Å²) in [5.41, 5.74) is -0.190. The van der Waals surface area contributed by atoms with Crippen LogP contribution in [0.2, 0.25) is 0 Å². The fourth-order valence-corrected chi connectivity index (χ4v) is 2.25. The van der Waals surface area contributed by atoms with Crippen molar-refractivity contribution < 1.29 is 22.5 Å². The van der Waals surface area contributed by atoms with Gasteiger partial charge >= 0.3 is 6.18 Å². The van der Waals surface area contributed by atoms with Gasteiger partial charge in [-0.15, -0.1) is 0 Å². The Labute approximate surface area is 140 Å². The van der Waals surface area contributed by atoms with E-state index in [4.69, 9.17) is 4.52 Å². The van der Waals surface area contributed by atoms with Crippen LogP contribution in [0.4, 0.5) is 18.9 Å². The molecule has 25 heavy (non-hydrogen) atoms. The molecule has 2 aromatic heterocycles. The molecule has 0 saturated heterocycles. The number of benzene rings is 1. The van der Waals surface area contributed by atoms with Gasteiger partial charge < -0.3 is 14.4 Å². The summed E-state index contributed by atoms with van der Waals surface area (Å²) in [7, 11) is 0. The molecule has 0 saturated carbocycles. The minimum Gasteiger partial charge on any atom is -0.340 e. The Balaban J connectivity index is 1.73. The zero-order chi connectivity index (χ0) is 18.0. The lowest BCUT2D eigenvalue weighted by Gasteiger charge is -2.10. The van der Waals surface area contributed by atoms with Gasteiger partial charge in [-0.3, -0.25) is 4.79 Å². The highest BCUT2D eigenvalue weighted by molar-refractivity contribution is 6.03. The van der Waals surface area contributed by atoms with E-state index in [1.807, 2.05) is 0 Å². The maximum Gasteiger partial charge on any atom is 0.416 e. The molecule has 0 spiro atoms. The van der Waals surface area contributed by atoms with Gasteiger partial charge in [-0.2, -0.15) is 18.2 Å². The normalized spacial score (nSPS) is 11.5. The van der Waals surface area contributed by atoms with Gasteiger partial charge in [-0.1, -0.05) is 5.16 Å². The topological polar surface area (TPSA) is 73.0 Å². The molecule has 0 atom stereocenters. The lowest BCUT2D eigenvalue weighted by molar-refractivity contribution is -0.137. The second-order valence-electron chi connectivity index (χ2n) is 5.28. The van der Waals surface area contributed by atoms with Crippen molar-refractivity contribution in [2.24, 2.45) is 0 Å². The van der Waals surface area contributed by atoms with E-state index in [2.05, 4.69) is 15.5 Å². The molecule has 0 fully saturated rings. The summed E-state index contributed by atoms with van der Waals surface area (Å²) in [6.45, 7) is 1.89. The highest BCUT2D eigenvalue weighted by Gasteiger charge is 2.30. The highest BCUT2D eigenvalue weighted by Crippen LogP contribution is 2.29. The molecule has 6 nitrogen and oxygen atoms in total. The van der Waals surface area contributed by atoms with Crippen molar-refractivity contribution in [3.63, 3.8) is 0 Å². The van der Waals surface area contributed by atoms with Crippen LogP contribution in [-0.2, 0) is 12.7 Å². The van der Waals surface area contributed by atoms with Crippen molar-refractivity contribution in [3.8, 4) is 0 Å². The van der Waals surface area contributed by atoms with Crippen molar-refractivity contribution in [2.75, 3.05) is 5.32 Å². The molecule has 0 aliphatic heterocycles. The molecule has 0 bridgehead atoms. The third-order valence-electron chi connectivity index (χ3n) is 3.41. The number of hydrogen-bond acceptors (Lipinski definition) is 4. The molecule has 0 radical (unpaired) electrons. The van der Waals surface area contributed by atoms with E-state index < -0.39 is 17.6 Å². The molecule has 0 unspecified atom stereocenters. The van der Waals surface area contributed by atoms with Crippen molar-refractivity contribution in [1.82, 2.24) is 14.7 Å². The number of halogens is 3. The number of rotatable bonds is 4. The number of aryl methyl sites for hydroxylation is 1. The maximum absolute atomic E-state index is 12.6. The van der Waals surface area contributed by atoms with E-state index in [-0.39, 0.29) is 12.2 Å². The predicted molar refractivity (Wildman–Crippen MR) is 82.0 cm³/mol.